The largest absolute Gasteiger partial charge is 0.505 e. The number of phenolic OH excluding ortho intramolecular Hbond substituents is 1. The molecule has 0 atom stereocenters. The summed E-state index contributed by atoms with van der Waals surface area (Å²) in [5.74, 6) is -0.978. The number of rotatable bonds is 3. The first-order valence-electron chi connectivity index (χ1n) is 9.53. The van der Waals surface area contributed by atoms with Gasteiger partial charge in [0.2, 0.25) is 10.0 Å². The molecule has 1 saturated heterocycles. The van der Waals surface area contributed by atoms with Crippen LogP contribution in [0.15, 0.2) is 42.6 Å². The zero-order valence-electron chi connectivity index (χ0n) is 15.9. The fraction of sp³-hybridized carbons (Fsp3) is 0.238. The molecule has 1 N–H and O–H groups in total. The fourth-order valence-corrected chi connectivity index (χ4v) is 5.85. The number of hydrogen-bond acceptors (Lipinski definition) is 5. The zero-order valence-corrected chi connectivity index (χ0v) is 16.7. The summed E-state index contributed by atoms with van der Waals surface area (Å²) in [6, 6.07) is 9.21. The molecule has 0 unspecified atom stereocenters. The van der Waals surface area contributed by atoms with Crippen LogP contribution in [0.2, 0.25) is 0 Å². The Morgan fingerprint density at radius 2 is 1.93 bits per heavy atom. The van der Waals surface area contributed by atoms with E-state index in [1.54, 1.807) is 24.3 Å². The molecule has 30 heavy (non-hydrogen) atoms. The molecule has 1 fully saturated rings. The monoisotopic (exact) mass is 427 g/mol. The second-order valence-corrected chi connectivity index (χ2v) is 9.49. The van der Waals surface area contributed by atoms with E-state index in [-0.39, 0.29) is 41.5 Å². The minimum atomic E-state index is -3.51. The van der Waals surface area contributed by atoms with Crippen LogP contribution in [0.3, 0.4) is 0 Å². The first-order valence-corrected chi connectivity index (χ1v) is 11.1. The lowest BCUT2D eigenvalue weighted by atomic mass is 10.0. The van der Waals surface area contributed by atoms with E-state index < -0.39 is 15.9 Å². The Balaban J connectivity index is 1.67. The average Bonchev–Trinajstić information content (AvgIpc) is 3.23. The van der Waals surface area contributed by atoms with Gasteiger partial charge in [0, 0.05) is 36.8 Å². The van der Waals surface area contributed by atoms with Crippen LogP contribution in [-0.2, 0) is 23.1 Å². The van der Waals surface area contributed by atoms with E-state index >= 15 is 0 Å². The number of fused-ring (bicyclic) bond motifs is 2. The smallest absolute Gasteiger partial charge is 0.258 e. The van der Waals surface area contributed by atoms with E-state index in [0.717, 1.165) is 5.56 Å². The minimum Gasteiger partial charge on any atom is -0.505 e. The number of benzene rings is 2. The van der Waals surface area contributed by atoms with Gasteiger partial charge in [0.25, 0.3) is 5.91 Å². The van der Waals surface area contributed by atoms with Crippen LogP contribution >= 0.6 is 0 Å². The Labute approximate surface area is 172 Å². The Morgan fingerprint density at radius 1 is 1.17 bits per heavy atom. The Kier molecular flexibility index (Phi) is 4.18. The number of carbonyl (C=O) groups excluding carboxylic acids is 1. The summed E-state index contributed by atoms with van der Waals surface area (Å²) < 4.78 is 39.9. The molecule has 9 heteroatoms. The SMILES string of the molecule is O=C1c2c(c(N3CCCS3(=O)=O)c3cccnc3c2O)CN1Cc1ccc(F)cc1. The van der Waals surface area contributed by atoms with Gasteiger partial charge in [-0.2, -0.15) is 0 Å². The van der Waals surface area contributed by atoms with Gasteiger partial charge in [-0.15, -0.1) is 0 Å². The highest BCUT2D eigenvalue weighted by atomic mass is 32.2. The van der Waals surface area contributed by atoms with Crippen molar-refractivity contribution in [2.24, 2.45) is 0 Å². The fourth-order valence-electron chi connectivity index (χ4n) is 4.25. The maximum Gasteiger partial charge on any atom is 0.258 e. The number of amides is 1. The number of pyridine rings is 1. The predicted molar refractivity (Wildman–Crippen MR) is 109 cm³/mol. The van der Waals surface area contributed by atoms with E-state index in [1.807, 2.05) is 0 Å². The molecule has 1 aromatic heterocycles. The van der Waals surface area contributed by atoms with Crippen LogP contribution in [0.5, 0.6) is 5.75 Å². The topological polar surface area (TPSA) is 90.8 Å². The number of hydrogen-bond donors (Lipinski definition) is 1. The number of sulfonamides is 1. The standard InChI is InChI=1S/C21H18FN3O4S/c22-14-6-4-13(5-7-14)11-24-12-16-17(21(24)27)20(26)18-15(3-1-8-23-18)19(16)25-9-2-10-30(25,28)29/h1,3-8,26H,2,9-12H2. The Morgan fingerprint density at radius 3 is 2.63 bits per heavy atom. The lowest BCUT2D eigenvalue weighted by Crippen LogP contribution is -2.27. The van der Waals surface area contributed by atoms with Gasteiger partial charge in [0.05, 0.1) is 17.0 Å². The number of aromatic hydroxyl groups is 1. The van der Waals surface area contributed by atoms with Gasteiger partial charge in [-0.1, -0.05) is 12.1 Å². The van der Waals surface area contributed by atoms with Crippen LogP contribution in [0, 0.1) is 5.82 Å². The molecular weight excluding hydrogens is 409 g/mol. The molecule has 0 radical (unpaired) electrons. The van der Waals surface area contributed by atoms with Crippen molar-refractivity contribution >= 4 is 32.5 Å². The van der Waals surface area contributed by atoms with Gasteiger partial charge >= 0.3 is 0 Å². The molecule has 7 nitrogen and oxygen atoms in total. The Bertz CT molecular complexity index is 1290. The van der Waals surface area contributed by atoms with Gasteiger partial charge in [-0.25, -0.2) is 12.8 Å². The number of phenols is 1. The normalized spacial score (nSPS) is 17.7. The van der Waals surface area contributed by atoms with Gasteiger partial charge in [-0.05, 0) is 36.2 Å². The molecule has 3 aromatic rings. The highest BCUT2D eigenvalue weighted by Crippen LogP contribution is 2.45. The molecule has 0 spiro atoms. The van der Waals surface area contributed by atoms with Crippen molar-refractivity contribution in [3.63, 3.8) is 0 Å². The van der Waals surface area contributed by atoms with Crippen molar-refractivity contribution in [1.29, 1.82) is 0 Å². The summed E-state index contributed by atoms with van der Waals surface area (Å²) in [7, 11) is -3.51. The third kappa shape index (κ3) is 2.80. The molecule has 3 heterocycles. The van der Waals surface area contributed by atoms with Gasteiger partial charge in [0.1, 0.15) is 11.3 Å². The van der Waals surface area contributed by atoms with E-state index in [9.17, 15) is 22.7 Å². The second-order valence-electron chi connectivity index (χ2n) is 7.48. The van der Waals surface area contributed by atoms with E-state index in [2.05, 4.69) is 4.98 Å². The molecular formula is C21H18FN3O4S. The van der Waals surface area contributed by atoms with Gasteiger partial charge in [0.15, 0.2) is 5.75 Å². The van der Waals surface area contributed by atoms with Crippen LogP contribution in [0.1, 0.15) is 27.9 Å². The van der Waals surface area contributed by atoms with Crippen molar-refractivity contribution in [3.8, 4) is 5.75 Å². The van der Waals surface area contributed by atoms with Crippen LogP contribution in [-0.4, -0.2) is 41.6 Å². The highest BCUT2D eigenvalue weighted by Gasteiger charge is 2.39. The zero-order chi connectivity index (χ0) is 21.0. The molecule has 154 valence electrons. The summed E-state index contributed by atoms with van der Waals surface area (Å²) in [6.07, 6.45) is 1.99. The summed E-state index contributed by atoms with van der Waals surface area (Å²) in [5.41, 5.74) is 1.91. The van der Waals surface area contributed by atoms with E-state index in [1.165, 1.54) is 27.5 Å². The predicted octanol–water partition coefficient (Wildman–Crippen LogP) is 2.78. The Hall–Kier alpha value is -3.20. The van der Waals surface area contributed by atoms with Gasteiger partial charge < -0.3 is 10.0 Å². The lowest BCUT2D eigenvalue weighted by Gasteiger charge is -2.22. The molecule has 2 aliphatic rings. The quantitative estimate of drug-likeness (QED) is 0.694. The van der Waals surface area contributed by atoms with Crippen molar-refractivity contribution < 1.29 is 22.7 Å². The molecule has 5 rings (SSSR count). The average molecular weight is 427 g/mol. The third-order valence-electron chi connectivity index (χ3n) is 5.60. The third-order valence-corrected chi connectivity index (χ3v) is 7.44. The highest BCUT2D eigenvalue weighted by molar-refractivity contribution is 7.93. The summed E-state index contributed by atoms with van der Waals surface area (Å²) in [5, 5.41) is 11.3. The lowest BCUT2D eigenvalue weighted by molar-refractivity contribution is 0.0764. The summed E-state index contributed by atoms with van der Waals surface area (Å²) in [6.45, 7) is 0.671. The number of carbonyl (C=O) groups is 1. The van der Waals surface area contributed by atoms with Crippen LogP contribution in [0.4, 0.5) is 10.1 Å². The van der Waals surface area contributed by atoms with E-state index in [0.29, 0.717) is 29.6 Å². The van der Waals surface area contributed by atoms with Gasteiger partial charge in [-0.3, -0.25) is 14.1 Å². The second kappa shape index (κ2) is 6.66. The van der Waals surface area contributed by atoms with Crippen molar-refractivity contribution in [2.45, 2.75) is 19.5 Å². The van der Waals surface area contributed by atoms with Crippen LogP contribution in [0.25, 0.3) is 10.9 Å². The maximum absolute atomic E-state index is 13.2. The maximum atomic E-state index is 13.2. The summed E-state index contributed by atoms with van der Waals surface area (Å²) >= 11 is 0. The number of aromatic nitrogens is 1. The first kappa shape index (κ1) is 18.8. The first-order chi connectivity index (χ1) is 14.4. The van der Waals surface area contributed by atoms with E-state index in [4.69, 9.17) is 0 Å². The number of anilines is 1. The molecule has 0 bridgehead atoms. The van der Waals surface area contributed by atoms with Crippen LogP contribution < -0.4 is 4.31 Å². The molecule has 1 amide bonds. The summed E-state index contributed by atoms with van der Waals surface area (Å²) in [4.78, 5) is 18.9. The molecule has 2 aromatic carbocycles. The minimum absolute atomic E-state index is 0.0393. The number of halogens is 1. The number of nitrogens with zero attached hydrogens (tertiary/aromatic N) is 3. The van der Waals surface area contributed by atoms with Crippen molar-refractivity contribution in [3.05, 3.63) is 65.1 Å². The van der Waals surface area contributed by atoms with Crippen molar-refractivity contribution in [1.82, 2.24) is 9.88 Å². The molecule has 0 saturated carbocycles. The molecule has 2 aliphatic heterocycles. The molecule has 0 aliphatic carbocycles. The van der Waals surface area contributed by atoms with Crippen molar-refractivity contribution in [2.75, 3.05) is 16.6 Å².